The maximum absolute atomic E-state index is 12.8. The summed E-state index contributed by atoms with van der Waals surface area (Å²) in [4.78, 5) is 28.8. The van der Waals surface area contributed by atoms with Gasteiger partial charge in [-0.05, 0) is 63.6 Å². The summed E-state index contributed by atoms with van der Waals surface area (Å²) >= 11 is 0. The fourth-order valence-electron chi connectivity index (χ4n) is 3.92. The Morgan fingerprint density at radius 3 is 2.28 bits per heavy atom. The van der Waals surface area contributed by atoms with Gasteiger partial charge in [0.1, 0.15) is 5.69 Å². The van der Waals surface area contributed by atoms with Crippen LogP contribution in [0.5, 0.6) is 0 Å². The van der Waals surface area contributed by atoms with Crippen molar-refractivity contribution >= 4 is 23.2 Å². The lowest BCUT2D eigenvalue weighted by Crippen LogP contribution is -2.44. The second-order valence-electron chi connectivity index (χ2n) is 8.03. The minimum Gasteiger partial charge on any atom is -0.369 e. The zero-order chi connectivity index (χ0) is 20.2. The zero-order valence-electron chi connectivity index (χ0n) is 17.4. The highest BCUT2D eigenvalue weighted by Gasteiger charge is 2.18. The summed E-state index contributed by atoms with van der Waals surface area (Å²) in [6.45, 7) is 8.03. The average molecular weight is 395 g/mol. The van der Waals surface area contributed by atoms with E-state index in [2.05, 4.69) is 49.2 Å². The number of piperazine rings is 1. The topological polar surface area (TPSA) is 64.6 Å². The summed E-state index contributed by atoms with van der Waals surface area (Å²) < 4.78 is 0. The molecule has 0 atom stereocenters. The van der Waals surface area contributed by atoms with Crippen molar-refractivity contribution in [2.24, 2.45) is 0 Å². The van der Waals surface area contributed by atoms with E-state index in [1.165, 1.54) is 12.1 Å². The number of nitrogens with zero attached hydrogens (tertiary/aromatic N) is 5. The van der Waals surface area contributed by atoms with E-state index in [9.17, 15) is 4.79 Å². The molecule has 4 rings (SSSR count). The summed E-state index contributed by atoms with van der Waals surface area (Å²) in [5.41, 5.74) is 3.21. The molecule has 2 fully saturated rings. The van der Waals surface area contributed by atoms with Crippen molar-refractivity contribution in [3.05, 3.63) is 41.7 Å². The van der Waals surface area contributed by atoms with E-state index in [0.717, 1.165) is 63.5 Å². The number of benzene rings is 1. The molecule has 0 bridgehead atoms. The van der Waals surface area contributed by atoms with Crippen LogP contribution in [0, 0.1) is 6.92 Å². The first-order valence-corrected chi connectivity index (χ1v) is 10.5. The van der Waals surface area contributed by atoms with Gasteiger partial charge in [0.2, 0.25) is 5.95 Å². The minimum atomic E-state index is -0.193. The van der Waals surface area contributed by atoms with Crippen molar-refractivity contribution in [1.29, 1.82) is 0 Å². The van der Waals surface area contributed by atoms with Gasteiger partial charge in [-0.1, -0.05) is 0 Å². The van der Waals surface area contributed by atoms with Gasteiger partial charge in [-0.15, -0.1) is 0 Å². The number of hydrogen-bond acceptors (Lipinski definition) is 6. The Morgan fingerprint density at radius 1 is 0.897 bits per heavy atom. The van der Waals surface area contributed by atoms with Crippen LogP contribution in [-0.4, -0.2) is 67.1 Å². The van der Waals surface area contributed by atoms with E-state index >= 15 is 0 Å². The number of hydrogen-bond donors (Lipinski definition) is 1. The maximum Gasteiger partial charge on any atom is 0.274 e. The van der Waals surface area contributed by atoms with Gasteiger partial charge in [0, 0.05) is 56.3 Å². The van der Waals surface area contributed by atoms with Crippen molar-refractivity contribution in [2.75, 3.05) is 61.4 Å². The highest BCUT2D eigenvalue weighted by molar-refractivity contribution is 6.03. The molecule has 2 aromatic rings. The largest absolute Gasteiger partial charge is 0.369 e. The molecule has 3 heterocycles. The summed E-state index contributed by atoms with van der Waals surface area (Å²) in [6.07, 6.45) is 3.55. The molecule has 0 saturated carbocycles. The molecule has 2 aliphatic heterocycles. The zero-order valence-corrected chi connectivity index (χ0v) is 17.4. The van der Waals surface area contributed by atoms with E-state index < -0.39 is 0 Å². The van der Waals surface area contributed by atoms with Crippen molar-refractivity contribution < 1.29 is 4.79 Å². The molecule has 154 valence electrons. The third kappa shape index (κ3) is 4.85. The maximum atomic E-state index is 12.8. The standard InChI is InChI=1S/C22H30N6O/c1-17-16-20(25-22(23-17)28-10-4-3-5-11-28)21(29)24-18-6-8-19(9-7-18)27-14-12-26(2)13-15-27/h6-9,16H,3-5,10-15H2,1-2H3,(H,24,29). The predicted molar refractivity (Wildman–Crippen MR) is 117 cm³/mol. The lowest BCUT2D eigenvalue weighted by Gasteiger charge is -2.34. The van der Waals surface area contributed by atoms with Gasteiger partial charge in [0.05, 0.1) is 0 Å². The number of rotatable bonds is 4. The van der Waals surface area contributed by atoms with E-state index in [1.54, 1.807) is 6.07 Å². The number of likely N-dealkylation sites (N-methyl/N-ethyl adjacent to an activating group) is 1. The molecule has 0 radical (unpaired) electrons. The fraction of sp³-hybridized carbons (Fsp3) is 0.500. The molecule has 2 aliphatic rings. The molecule has 0 aliphatic carbocycles. The SMILES string of the molecule is Cc1cc(C(=O)Nc2ccc(N3CCN(C)CC3)cc2)nc(N2CCCCC2)n1. The predicted octanol–water partition coefficient (Wildman–Crippen LogP) is 2.78. The molecule has 0 spiro atoms. The quantitative estimate of drug-likeness (QED) is 0.860. The molecular formula is C22H30N6O. The highest BCUT2D eigenvalue weighted by Crippen LogP contribution is 2.21. The summed E-state index contributed by atoms with van der Waals surface area (Å²) in [7, 11) is 2.15. The van der Waals surface area contributed by atoms with Gasteiger partial charge in [0.25, 0.3) is 5.91 Å². The summed E-state index contributed by atoms with van der Waals surface area (Å²) in [5.74, 6) is 0.473. The molecule has 1 N–H and O–H groups in total. The number of nitrogens with one attached hydrogen (secondary N) is 1. The van der Waals surface area contributed by atoms with E-state index in [1.807, 2.05) is 19.1 Å². The Labute approximate surface area is 172 Å². The Bertz CT molecular complexity index is 839. The number of anilines is 3. The van der Waals surface area contributed by atoms with Crippen LogP contribution in [0.3, 0.4) is 0 Å². The smallest absolute Gasteiger partial charge is 0.274 e. The molecule has 7 heteroatoms. The number of amides is 1. The van der Waals surface area contributed by atoms with Crippen LogP contribution in [0.1, 0.15) is 35.4 Å². The lowest BCUT2D eigenvalue weighted by atomic mass is 10.1. The van der Waals surface area contributed by atoms with Gasteiger partial charge >= 0.3 is 0 Å². The van der Waals surface area contributed by atoms with Crippen LogP contribution in [0.2, 0.25) is 0 Å². The monoisotopic (exact) mass is 394 g/mol. The van der Waals surface area contributed by atoms with Crippen LogP contribution in [-0.2, 0) is 0 Å². The van der Waals surface area contributed by atoms with Crippen LogP contribution in [0.4, 0.5) is 17.3 Å². The molecule has 1 amide bonds. The second-order valence-corrected chi connectivity index (χ2v) is 8.03. The normalized spacial score (nSPS) is 18.0. The molecule has 1 aromatic heterocycles. The van der Waals surface area contributed by atoms with Gasteiger partial charge in [-0.3, -0.25) is 4.79 Å². The van der Waals surface area contributed by atoms with Crippen molar-refractivity contribution in [1.82, 2.24) is 14.9 Å². The Kier molecular flexibility index (Phi) is 5.94. The van der Waals surface area contributed by atoms with Crippen molar-refractivity contribution in [3.63, 3.8) is 0 Å². The highest BCUT2D eigenvalue weighted by atomic mass is 16.1. The Hall–Kier alpha value is -2.67. The molecule has 29 heavy (non-hydrogen) atoms. The van der Waals surface area contributed by atoms with Crippen LogP contribution < -0.4 is 15.1 Å². The third-order valence-corrected chi connectivity index (χ3v) is 5.71. The molecular weight excluding hydrogens is 364 g/mol. The van der Waals surface area contributed by atoms with Crippen molar-refractivity contribution in [2.45, 2.75) is 26.2 Å². The third-order valence-electron chi connectivity index (χ3n) is 5.71. The van der Waals surface area contributed by atoms with Crippen LogP contribution in [0.15, 0.2) is 30.3 Å². The van der Waals surface area contributed by atoms with Gasteiger partial charge in [0.15, 0.2) is 0 Å². The molecule has 7 nitrogen and oxygen atoms in total. The number of carbonyl (C=O) groups excluding carboxylic acids is 1. The van der Waals surface area contributed by atoms with Gasteiger partial charge in [-0.25, -0.2) is 9.97 Å². The summed E-state index contributed by atoms with van der Waals surface area (Å²) in [6, 6.07) is 9.83. The van der Waals surface area contributed by atoms with E-state index in [-0.39, 0.29) is 5.91 Å². The fourth-order valence-corrected chi connectivity index (χ4v) is 3.92. The Balaban J connectivity index is 1.43. The average Bonchev–Trinajstić information content (AvgIpc) is 2.75. The number of aryl methyl sites for hydroxylation is 1. The first-order valence-electron chi connectivity index (χ1n) is 10.5. The Morgan fingerprint density at radius 2 is 1.59 bits per heavy atom. The second kappa shape index (κ2) is 8.78. The minimum absolute atomic E-state index is 0.193. The number of piperidine rings is 1. The molecule has 2 saturated heterocycles. The molecule has 0 unspecified atom stereocenters. The van der Waals surface area contributed by atoms with E-state index in [4.69, 9.17) is 0 Å². The number of aromatic nitrogens is 2. The van der Waals surface area contributed by atoms with Crippen LogP contribution >= 0.6 is 0 Å². The van der Waals surface area contributed by atoms with Gasteiger partial charge in [-0.2, -0.15) is 0 Å². The van der Waals surface area contributed by atoms with Crippen LogP contribution in [0.25, 0.3) is 0 Å². The summed E-state index contributed by atoms with van der Waals surface area (Å²) in [5, 5.41) is 2.98. The van der Waals surface area contributed by atoms with Gasteiger partial charge < -0.3 is 20.0 Å². The number of carbonyl (C=O) groups is 1. The molecule has 1 aromatic carbocycles. The lowest BCUT2D eigenvalue weighted by molar-refractivity contribution is 0.102. The first kappa shape index (κ1) is 19.6. The first-order chi connectivity index (χ1) is 14.1. The van der Waals surface area contributed by atoms with Crippen molar-refractivity contribution in [3.8, 4) is 0 Å². The van der Waals surface area contributed by atoms with E-state index in [0.29, 0.717) is 11.6 Å².